The van der Waals surface area contributed by atoms with E-state index in [0.29, 0.717) is 17.4 Å². The van der Waals surface area contributed by atoms with Gasteiger partial charge in [-0.1, -0.05) is 17.7 Å². The Morgan fingerprint density at radius 2 is 1.74 bits per heavy atom. The largest absolute Gasteiger partial charge is 0.384 e. The van der Waals surface area contributed by atoms with Gasteiger partial charge in [0, 0.05) is 56.4 Å². The van der Waals surface area contributed by atoms with Gasteiger partial charge in [-0.2, -0.15) is 0 Å². The number of rotatable bonds is 5. The lowest BCUT2D eigenvalue weighted by molar-refractivity contribution is -0.139. The molecule has 2 aliphatic rings. The minimum atomic E-state index is -0.319. The van der Waals surface area contributed by atoms with Gasteiger partial charge in [-0.05, 0) is 61.3 Å². The van der Waals surface area contributed by atoms with Crippen LogP contribution in [0.5, 0.6) is 0 Å². The van der Waals surface area contributed by atoms with E-state index in [0.717, 1.165) is 69.8 Å². The maximum Gasteiger partial charge on any atom is 0.225 e. The summed E-state index contributed by atoms with van der Waals surface area (Å²) in [6, 6.07) is 8.44. The fourth-order valence-electron chi connectivity index (χ4n) is 4.46. The van der Waals surface area contributed by atoms with Gasteiger partial charge in [0.1, 0.15) is 11.6 Å². The smallest absolute Gasteiger partial charge is 0.225 e. The fourth-order valence-corrected chi connectivity index (χ4v) is 4.69. The van der Waals surface area contributed by atoms with Crippen LogP contribution >= 0.6 is 11.6 Å². The molecule has 2 aliphatic heterocycles. The zero-order valence-corrected chi connectivity index (χ0v) is 18.4. The summed E-state index contributed by atoms with van der Waals surface area (Å²) in [5.41, 5.74) is 7.85. The minimum Gasteiger partial charge on any atom is -0.384 e. The number of piperazine rings is 1. The second-order valence-electron chi connectivity index (χ2n) is 8.48. The highest BCUT2D eigenvalue weighted by molar-refractivity contribution is 6.31. The molecule has 31 heavy (non-hydrogen) atoms. The number of carbonyl (C=O) groups excluding carboxylic acids is 1. The summed E-state index contributed by atoms with van der Waals surface area (Å²) in [5.74, 6) is 0.618. The van der Waals surface area contributed by atoms with Crippen molar-refractivity contribution in [2.45, 2.75) is 25.9 Å². The predicted molar refractivity (Wildman–Crippen MR) is 120 cm³/mol. The number of piperidine rings is 1. The SMILES string of the molecule is Nc1cc(CN2CCC(C(=O)N3CCN(Cc4ccc(F)cc4Cl)CC3)CC2)ccn1. The van der Waals surface area contributed by atoms with E-state index in [2.05, 4.69) is 14.8 Å². The highest BCUT2D eigenvalue weighted by Crippen LogP contribution is 2.23. The van der Waals surface area contributed by atoms with E-state index in [-0.39, 0.29) is 17.6 Å². The number of nitrogen functional groups attached to an aromatic ring is 1. The molecule has 3 heterocycles. The molecular weight excluding hydrogens is 417 g/mol. The third-order valence-corrected chi connectivity index (χ3v) is 6.63. The lowest BCUT2D eigenvalue weighted by Gasteiger charge is -2.38. The van der Waals surface area contributed by atoms with Gasteiger partial charge in [0.05, 0.1) is 0 Å². The third-order valence-electron chi connectivity index (χ3n) is 6.28. The average Bonchev–Trinajstić information content (AvgIpc) is 2.76. The van der Waals surface area contributed by atoms with E-state index in [1.807, 2.05) is 17.0 Å². The Labute approximate surface area is 187 Å². The molecule has 8 heteroatoms. The standard InChI is InChI=1S/C23H29ClFN5O/c24-21-14-20(25)2-1-19(21)16-29-9-11-30(12-10-29)23(31)18-4-7-28(8-5-18)15-17-3-6-27-22(26)13-17/h1-3,6,13-14,18H,4-5,7-12,15-16H2,(H2,26,27). The Kier molecular flexibility index (Phi) is 7.05. The molecule has 0 bridgehead atoms. The number of aromatic nitrogens is 1. The molecule has 2 saturated heterocycles. The monoisotopic (exact) mass is 445 g/mol. The molecule has 166 valence electrons. The first kappa shape index (κ1) is 22.0. The van der Waals surface area contributed by atoms with Gasteiger partial charge in [-0.25, -0.2) is 9.37 Å². The average molecular weight is 446 g/mol. The van der Waals surface area contributed by atoms with Crippen LogP contribution in [-0.2, 0) is 17.9 Å². The quantitative estimate of drug-likeness (QED) is 0.766. The molecule has 0 atom stereocenters. The molecule has 1 aromatic heterocycles. The zero-order valence-electron chi connectivity index (χ0n) is 17.6. The van der Waals surface area contributed by atoms with Gasteiger partial charge >= 0.3 is 0 Å². The summed E-state index contributed by atoms with van der Waals surface area (Å²) in [4.78, 5) is 23.7. The van der Waals surface area contributed by atoms with Crippen LogP contribution in [0.15, 0.2) is 36.5 Å². The van der Waals surface area contributed by atoms with Crippen molar-refractivity contribution in [3.8, 4) is 0 Å². The van der Waals surface area contributed by atoms with E-state index in [4.69, 9.17) is 17.3 Å². The number of amides is 1. The van der Waals surface area contributed by atoms with Crippen molar-refractivity contribution in [1.82, 2.24) is 19.7 Å². The Bertz CT molecular complexity index is 911. The van der Waals surface area contributed by atoms with Crippen molar-refractivity contribution in [2.24, 2.45) is 5.92 Å². The van der Waals surface area contributed by atoms with Crippen LogP contribution in [0.25, 0.3) is 0 Å². The highest BCUT2D eigenvalue weighted by atomic mass is 35.5. The predicted octanol–water partition coefficient (Wildman–Crippen LogP) is 3.01. The first-order valence-electron chi connectivity index (χ1n) is 10.9. The molecule has 0 aliphatic carbocycles. The summed E-state index contributed by atoms with van der Waals surface area (Å²) in [6.07, 6.45) is 3.53. The van der Waals surface area contributed by atoms with Gasteiger partial charge in [0.2, 0.25) is 5.91 Å². The molecule has 0 spiro atoms. The second kappa shape index (κ2) is 9.94. The number of carbonyl (C=O) groups is 1. The number of halogens is 2. The zero-order chi connectivity index (χ0) is 21.8. The summed E-state index contributed by atoms with van der Waals surface area (Å²) >= 11 is 6.16. The Morgan fingerprint density at radius 3 is 2.42 bits per heavy atom. The normalized spacial score (nSPS) is 19.0. The Hall–Kier alpha value is -2.22. The maximum absolute atomic E-state index is 13.2. The van der Waals surface area contributed by atoms with E-state index in [1.165, 1.54) is 12.1 Å². The first-order valence-corrected chi connectivity index (χ1v) is 11.2. The van der Waals surface area contributed by atoms with E-state index < -0.39 is 0 Å². The van der Waals surface area contributed by atoms with Crippen molar-refractivity contribution in [2.75, 3.05) is 45.0 Å². The summed E-state index contributed by atoms with van der Waals surface area (Å²) in [6.45, 7) is 6.44. The van der Waals surface area contributed by atoms with E-state index in [1.54, 1.807) is 12.3 Å². The number of benzene rings is 1. The molecule has 4 rings (SSSR count). The molecule has 0 radical (unpaired) electrons. The van der Waals surface area contributed by atoms with Crippen LogP contribution in [0.3, 0.4) is 0 Å². The van der Waals surface area contributed by atoms with Gasteiger partial charge in [0.15, 0.2) is 0 Å². The van der Waals surface area contributed by atoms with Crippen LogP contribution < -0.4 is 5.73 Å². The molecule has 2 fully saturated rings. The molecule has 2 aromatic rings. The van der Waals surface area contributed by atoms with Crippen molar-refractivity contribution in [1.29, 1.82) is 0 Å². The maximum atomic E-state index is 13.2. The molecule has 1 amide bonds. The number of hydrogen-bond acceptors (Lipinski definition) is 5. The van der Waals surface area contributed by atoms with Crippen LogP contribution in [0, 0.1) is 11.7 Å². The van der Waals surface area contributed by atoms with Crippen molar-refractivity contribution >= 4 is 23.3 Å². The van der Waals surface area contributed by atoms with Gasteiger partial charge in [-0.15, -0.1) is 0 Å². The highest BCUT2D eigenvalue weighted by Gasteiger charge is 2.30. The number of likely N-dealkylation sites (tertiary alicyclic amines) is 1. The summed E-state index contributed by atoms with van der Waals surface area (Å²) in [5, 5.41) is 0.458. The van der Waals surface area contributed by atoms with Crippen LogP contribution in [-0.4, -0.2) is 64.9 Å². The van der Waals surface area contributed by atoms with Gasteiger partial charge in [0.25, 0.3) is 0 Å². The number of hydrogen-bond donors (Lipinski definition) is 1. The number of nitrogens with two attached hydrogens (primary N) is 1. The number of pyridine rings is 1. The summed E-state index contributed by atoms with van der Waals surface area (Å²) in [7, 11) is 0. The van der Waals surface area contributed by atoms with E-state index in [9.17, 15) is 9.18 Å². The Morgan fingerprint density at radius 1 is 1.03 bits per heavy atom. The molecule has 2 N–H and O–H groups in total. The number of nitrogens with zero attached hydrogens (tertiary/aromatic N) is 4. The van der Waals surface area contributed by atoms with Crippen LogP contribution in [0.1, 0.15) is 24.0 Å². The molecule has 0 saturated carbocycles. The van der Waals surface area contributed by atoms with Crippen molar-refractivity contribution in [3.63, 3.8) is 0 Å². The first-order chi connectivity index (χ1) is 15.0. The molecule has 1 aromatic carbocycles. The Balaban J connectivity index is 1.22. The lowest BCUT2D eigenvalue weighted by atomic mass is 9.94. The summed E-state index contributed by atoms with van der Waals surface area (Å²) < 4.78 is 13.2. The molecular formula is C23H29ClFN5O. The number of anilines is 1. The van der Waals surface area contributed by atoms with Crippen LogP contribution in [0.4, 0.5) is 10.2 Å². The minimum absolute atomic E-state index is 0.108. The molecule has 0 unspecified atom stereocenters. The van der Waals surface area contributed by atoms with Crippen molar-refractivity contribution < 1.29 is 9.18 Å². The fraction of sp³-hybridized carbons (Fsp3) is 0.478. The van der Waals surface area contributed by atoms with Gasteiger partial charge in [-0.3, -0.25) is 14.6 Å². The third kappa shape index (κ3) is 5.73. The van der Waals surface area contributed by atoms with Gasteiger partial charge < -0.3 is 10.6 Å². The second-order valence-corrected chi connectivity index (χ2v) is 8.88. The van der Waals surface area contributed by atoms with E-state index >= 15 is 0 Å². The lowest BCUT2D eigenvalue weighted by Crippen LogP contribution is -2.51. The molecule has 6 nitrogen and oxygen atoms in total. The van der Waals surface area contributed by atoms with Crippen molar-refractivity contribution in [3.05, 3.63) is 58.5 Å². The van der Waals surface area contributed by atoms with Crippen LogP contribution in [0.2, 0.25) is 5.02 Å². The topological polar surface area (TPSA) is 65.7 Å².